The monoisotopic (exact) mass is 329 g/mol. The number of hydrogen-bond donors (Lipinski definition) is 1. The number of hydrogen-bond acceptors (Lipinski definition) is 4. The second-order valence-corrected chi connectivity index (χ2v) is 6.57. The SMILES string of the molecule is CN.Cc1cc(-c2ccccc2)n(S(=O)(=O)c2cccnc2)c1. The summed E-state index contributed by atoms with van der Waals surface area (Å²) in [5.41, 5.74) is 6.90. The lowest BCUT2D eigenvalue weighted by atomic mass is 10.1. The standard InChI is InChI=1S/C16H14N2O2S.CH5N/c1-13-10-16(14-6-3-2-4-7-14)18(12-13)21(19,20)15-8-5-9-17-11-15;1-2/h2-12H,1H3;2H2,1H3. The smallest absolute Gasteiger partial charge is 0.269 e. The second kappa shape index (κ2) is 7.21. The Morgan fingerprint density at radius 3 is 2.35 bits per heavy atom. The molecule has 0 bridgehead atoms. The lowest BCUT2D eigenvalue weighted by Crippen LogP contribution is -2.13. The minimum absolute atomic E-state index is 0.179. The third-order valence-electron chi connectivity index (χ3n) is 3.18. The van der Waals surface area contributed by atoms with Gasteiger partial charge in [0.2, 0.25) is 0 Å². The van der Waals surface area contributed by atoms with Gasteiger partial charge in [0, 0.05) is 18.6 Å². The van der Waals surface area contributed by atoms with Gasteiger partial charge in [0.25, 0.3) is 10.0 Å². The minimum atomic E-state index is -3.64. The maximum atomic E-state index is 12.8. The van der Waals surface area contributed by atoms with Gasteiger partial charge in [-0.3, -0.25) is 4.98 Å². The Morgan fingerprint density at radius 2 is 1.74 bits per heavy atom. The number of benzene rings is 1. The fourth-order valence-electron chi connectivity index (χ4n) is 2.20. The van der Waals surface area contributed by atoms with Gasteiger partial charge in [-0.15, -0.1) is 0 Å². The summed E-state index contributed by atoms with van der Waals surface area (Å²) in [5, 5.41) is 0. The number of pyridine rings is 1. The summed E-state index contributed by atoms with van der Waals surface area (Å²) in [6, 6.07) is 14.5. The van der Waals surface area contributed by atoms with Crippen molar-refractivity contribution in [2.75, 3.05) is 7.05 Å². The first kappa shape index (κ1) is 16.9. The molecule has 0 radical (unpaired) electrons. The molecule has 2 aromatic heterocycles. The van der Waals surface area contributed by atoms with Crippen LogP contribution in [-0.2, 0) is 10.0 Å². The van der Waals surface area contributed by atoms with Crippen LogP contribution in [-0.4, -0.2) is 24.4 Å². The van der Waals surface area contributed by atoms with Crippen molar-refractivity contribution in [3.8, 4) is 11.3 Å². The van der Waals surface area contributed by atoms with Gasteiger partial charge in [-0.1, -0.05) is 30.3 Å². The van der Waals surface area contributed by atoms with Crippen molar-refractivity contribution in [1.82, 2.24) is 8.96 Å². The quantitative estimate of drug-likeness (QED) is 0.801. The second-order valence-electron chi connectivity index (χ2n) is 4.76. The fraction of sp³-hybridized carbons (Fsp3) is 0.118. The molecule has 0 saturated heterocycles. The maximum absolute atomic E-state index is 12.8. The summed E-state index contributed by atoms with van der Waals surface area (Å²) < 4.78 is 26.8. The van der Waals surface area contributed by atoms with Crippen molar-refractivity contribution in [2.45, 2.75) is 11.8 Å². The van der Waals surface area contributed by atoms with E-state index in [2.05, 4.69) is 10.7 Å². The molecular formula is C17H19N3O2S. The lowest BCUT2D eigenvalue weighted by Gasteiger charge is -2.10. The molecular weight excluding hydrogens is 310 g/mol. The Bertz CT molecular complexity index is 857. The number of aromatic nitrogens is 2. The molecule has 2 N–H and O–H groups in total. The molecule has 0 unspecified atom stereocenters. The summed E-state index contributed by atoms with van der Waals surface area (Å²) in [6.07, 6.45) is 4.54. The zero-order chi connectivity index (χ0) is 16.9. The van der Waals surface area contributed by atoms with E-state index in [1.807, 2.05) is 43.3 Å². The molecule has 3 rings (SSSR count). The summed E-state index contributed by atoms with van der Waals surface area (Å²) in [4.78, 5) is 4.07. The molecule has 23 heavy (non-hydrogen) atoms. The van der Waals surface area contributed by atoms with Crippen molar-refractivity contribution in [3.63, 3.8) is 0 Å². The van der Waals surface area contributed by atoms with E-state index in [9.17, 15) is 8.42 Å². The largest absolute Gasteiger partial charge is 0.333 e. The molecule has 0 fully saturated rings. The predicted molar refractivity (Wildman–Crippen MR) is 91.5 cm³/mol. The summed E-state index contributed by atoms with van der Waals surface area (Å²) in [5.74, 6) is 0. The lowest BCUT2D eigenvalue weighted by molar-refractivity contribution is 0.587. The zero-order valence-corrected chi connectivity index (χ0v) is 13.9. The third-order valence-corrected chi connectivity index (χ3v) is 4.84. The molecule has 6 heteroatoms. The van der Waals surface area contributed by atoms with Crippen molar-refractivity contribution in [2.24, 2.45) is 5.73 Å². The maximum Gasteiger partial charge on any atom is 0.269 e. The Hall–Kier alpha value is -2.44. The molecule has 0 spiro atoms. The topological polar surface area (TPSA) is 78.0 Å². The van der Waals surface area contributed by atoms with Crippen LogP contribution in [0.1, 0.15) is 5.56 Å². The first-order valence-corrected chi connectivity index (χ1v) is 8.51. The van der Waals surface area contributed by atoms with E-state index in [1.165, 1.54) is 17.2 Å². The summed E-state index contributed by atoms with van der Waals surface area (Å²) in [6.45, 7) is 1.88. The highest BCUT2D eigenvalue weighted by Crippen LogP contribution is 2.26. The van der Waals surface area contributed by atoms with E-state index in [1.54, 1.807) is 24.5 Å². The molecule has 0 aliphatic heterocycles. The van der Waals surface area contributed by atoms with Gasteiger partial charge in [0.05, 0.1) is 5.69 Å². The van der Waals surface area contributed by atoms with E-state index in [-0.39, 0.29) is 4.90 Å². The molecule has 0 amide bonds. The molecule has 0 saturated carbocycles. The van der Waals surface area contributed by atoms with Crippen molar-refractivity contribution in [3.05, 3.63) is 72.7 Å². The van der Waals surface area contributed by atoms with Crippen LogP contribution in [0.5, 0.6) is 0 Å². The first-order chi connectivity index (χ1) is 11.1. The van der Waals surface area contributed by atoms with Gasteiger partial charge in [0.1, 0.15) is 4.90 Å². The average molecular weight is 329 g/mol. The molecule has 3 aromatic rings. The van der Waals surface area contributed by atoms with E-state index < -0.39 is 10.0 Å². The molecule has 0 aliphatic carbocycles. The van der Waals surface area contributed by atoms with Gasteiger partial charge < -0.3 is 5.73 Å². The van der Waals surface area contributed by atoms with Crippen LogP contribution in [0.3, 0.4) is 0 Å². The Balaban J connectivity index is 0.000000924. The van der Waals surface area contributed by atoms with Crippen LogP contribution in [0.2, 0.25) is 0 Å². The molecule has 120 valence electrons. The van der Waals surface area contributed by atoms with Gasteiger partial charge in [0.15, 0.2) is 0 Å². The van der Waals surface area contributed by atoms with Crippen LogP contribution >= 0.6 is 0 Å². The summed E-state index contributed by atoms with van der Waals surface area (Å²) in [7, 11) is -2.14. The van der Waals surface area contributed by atoms with Crippen LogP contribution in [0.25, 0.3) is 11.3 Å². The minimum Gasteiger partial charge on any atom is -0.333 e. The van der Waals surface area contributed by atoms with Crippen molar-refractivity contribution < 1.29 is 8.42 Å². The van der Waals surface area contributed by atoms with Gasteiger partial charge in [-0.2, -0.15) is 0 Å². The normalized spacial score (nSPS) is 10.7. The number of nitrogens with two attached hydrogens (primary N) is 1. The Morgan fingerprint density at radius 1 is 1.04 bits per heavy atom. The highest BCUT2D eigenvalue weighted by Gasteiger charge is 2.21. The van der Waals surface area contributed by atoms with Gasteiger partial charge in [-0.05, 0) is 43.3 Å². The van der Waals surface area contributed by atoms with Gasteiger partial charge in [-0.25, -0.2) is 12.4 Å². The molecule has 1 aromatic carbocycles. The van der Waals surface area contributed by atoms with E-state index >= 15 is 0 Å². The van der Waals surface area contributed by atoms with Gasteiger partial charge >= 0.3 is 0 Å². The van der Waals surface area contributed by atoms with Crippen molar-refractivity contribution in [1.29, 1.82) is 0 Å². The average Bonchev–Trinajstić information content (AvgIpc) is 3.01. The highest BCUT2D eigenvalue weighted by molar-refractivity contribution is 7.90. The van der Waals surface area contributed by atoms with Crippen LogP contribution in [0.4, 0.5) is 0 Å². The zero-order valence-electron chi connectivity index (χ0n) is 13.0. The number of aryl methyl sites for hydroxylation is 1. The van der Waals surface area contributed by atoms with Crippen molar-refractivity contribution >= 4 is 10.0 Å². The van der Waals surface area contributed by atoms with E-state index in [0.717, 1.165) is 11.1 Å². The van der Waals surface area contributed by atoms with Crippen LogP contribution in [0.15, 0.2) is 72.0 Å². The molecule has 5 nitrogen and oxygen atoms in total. The molecule has 0 atom stereocenters. The third kappa shape index (κ3) is 3.49. The Labute approximate surface area is 136 Å². The van der Waals surface area contributed by atoms with Crippen LogP contribution in [0, 0.1) is 6.92 Å². The first-order valence-electron chi connectivity index (χ1n) is 7.07. The molecule has 0 aliphatic rings. The highest BCUT2D eigenvalue weighted by atomic mass is 32.2. The van der Waals surface area contributed by atoms with E-state index in [0.29, 0.717) is 5.69 Å². The summed E-state index contributed by atoms with van der Waals surface area (Å²) >= 11 is 0. The molecule has 2 heterocycles. The predicted octanol–water partition coefficient (Wildman–Crippen LogP) is 2.67. The van der Waals surface area contributed by atoms with Crippen LogP contribution < -0.4 is 5.73 Å². The Kier molecular flexibility index (Phi) is 5.31. The fourth-order valence-corrected chi connectivity index (χ4v) is 3.60. The number of nitrogens with zero attached hydrogens (tertiary/aromatic N) is 2. The van der Waals surface area contributed by atoms with E-state index in [4.69, 9.17) is 0 Å². The number of rotatable bonds is 3.